The van der Waals surface area contributed by atoms with E-state index in [1.54, 1.807) is 0 Å². The Morgan fingerprint density at radius 1 is 1.20 bits per heavy atom. The number of fused-ring (bicyclic) bond motifs is 1. The van der Waals surface area contributed by atoms with E-state index < -0.39 is 0 Å². The van der Waals surface area contributed by atoms with Gasteiger partial charge in [0, 0.05) is 17.8 Å². The van der Waals surface area contributed by atoms with Crippen LogP contribution in [0.3, 0.4) is 0 Å². The van der Waals surface area contributed by atoms with Crippen LogP contribution in [0.1, 0.15) is 35.2 Å². The van der Waals surface area contributed by atoms with E-state index in [0.717, 1.165) is 30.5 Å². The highest BCUT2D eigenvalue weighted by atomic mass is 16.1. The molecule has 0 saturated heterocycles. The van der Waals surface area contributed by atoms with Gasteiger partial charge in [-0.1, -0.05) is 18.2 Å². The molecule has 0 spiro atoms. The quantitative estimate of drug-likeness (QED) is 0.909. The molecule has 0 radical (unpaired) electrons. The van der Waals surface area contributed by atoms with Gasteiger partial charge >= 0.3 is 0 Å². The number of nitrogens with two attached hydrogens (primary N) is 1. The lowest BCUT2D eigenvalue weighted by Crippen LogP contribution is -2.30. The summed E-state index contributed by atoms with van der Waals surface area (Å²) in [4.78, 5) is 12.7. The lowest BCUT2D eigenvalue weighted by molar-refractivity contribution is 0.640. The average molecular weight is 268 g/mol. The summed E-state index contributed by atoms with van der Waals surface area (Å²) in [6.45, 7) is 2.35. The van der Waals surface area contributed by atoms with Gasteiger partial charge in [0.25, 0.3) is 5.56 Å². The Morgan fingerprint density at radius 3 is 2.70 bits per heavy atom. The van der Waals surface area contributed by atoms with Crippen molar-refractivity contribution in [3.8, 4) is 5.69 Å². The maximum Gasteiger partial charge on any atom is 0.259 e. The molecule has 1 aromatic carbocycles. The zero-order valence-corrected chi connectivity index (χ0v) is 11.9. The lowest BCUT2D eigenvalue weighted by Gasteiger charge is -2.23. The molecular weight excluding hydrogens is 248 g/mol. The molecule has 3 rings (SSSR count). The lowest BCUT2D eigenvalue weighted by atomic mass is 9.94. The summed E-state index contributed by atoms with van der Waals surface area (Å²) in [5, 5.41) is 0. The van der Waals surface area contributed by atoms with Crippen molar-refractivity contribution in [1.29, 1.82) is 0 Å². The molecule has 1 aromatic heterocycles. The van der Waals surface area contributed by atoms with Crippen LogP contribution in [0.2, 0.25) is 0 Å². The molecule has 0 amide bonds. The van der Waals surface area contributed by atoms with Crippen LogP contribution >= 0.6 is 0 Å². The van der Waals surface area contributed by atoms with Crippen molar-refractivity contribution in [2.24, 2.45) is 5.73 Å². The molecule has 104 valence electrons. The van der Waals surface area contributed by atoms with Gasteiger partial charge in [-0.3, -0.25) is 9.36 Å². The summed E-state index contributed by atoms with van der Waals surface area (Å²) in [7, 11) is 0. The normalized spacial score (nSPS) is 14.1. The summed E-state index contributed by atoms with van der Waals surface area (Å²) in [6, 6.07) is 10.1. The molecule has 0 aliphatic heterocycles. The van der Waals surface area contributed by atoms with E-state index in [-0.39, 0.29) is 5.56 Å². The fourth-order valence-electron chi connectivity index (χ4n) is 3.08. The van der Waals surface area contributed by atoms with Crippen LogP contribution in [0.25, 0.3) is 5.69 Å². The average Bonchev–Trinajstić information content (AvgIpc) is 2.48. The molecule has 2 aromatic rings. The second-order valence-corrected chi connectivity index (χ2v) is 5.48. The molecule has 0 saturated carbocycles. The van der Waals surface area contributed by atoms with E-state index in [0.29, 0.717) is 12.1 Å². The number of nitrogens with zero attached hydrogens (tertiary/aromatic N) is 1. The van der Waals surface area contributed by atoms with Crippen LogP contribution in [0, 0.1) is 6.92 Å². The van der Waals surface area contributed by atoms with Gasteiger partial charge in [0.1, 0.15) is 0 Å². The zero-order valence-electron chi connectivity index (χ0n) is 11.9. The maximum atomic E-state index is 12.7. The van der Waals surface area contributed by atoms with Crippen molar-refractivity contribution in [2.45, 2.75) is 39.2 Å². The van der Waals surface area contributed by atoms with Crippen molar-refractivity contribution >= 4 is 0 Å². The van der Waals surface area contributed by atoms with Crippen molar-refractivity contribution < 1.29 is 0 Å². The van der Waals surface area contributed by atoms with E-state index in [1.807, 2.05) is 41.8 Å². The maximum absolute atomic E-state index is 12.7. The highest BCUT2D eigenvalue weighted by Crippen LogP contribution is 2.24. The first kappa shape index (κ1) is 13.1. The Morgan fingerprint density at radius 2 is 1.95 bits per heavy atom. The second kappa shape index (κ2) is 5.25. The van der Waals surface area contributed by atoms with Crippen LogP contribution in [0.5, 0.6) is 0 Å². The second-order valence-electron chi connectivity index (χ2n) is 5.48. The van der Waals surface area contributed by atoms with Crippen molar-refractivity contribution in [3.05, 3.63) is 63.1 Å². The Hall–Kier alpha value is -1.87. The van der Waals surface area contributed by atoms with E-state index in [9.17, 15) is 4.79 Å². The first-order valence-corrected chi connectivity index (χ1v) is 7.25. The third-order valence-electron chi connectivity index (χ3n) is 4.15. The Labute approximate surface area is 119 Å². The predicted octanol–water partition coefficient (Wildman–Crippen LogP) is 2.48. The number of hydrogen-bond acceptors (Lipinski definition) is 2. The first-order valence-electron chi connectivity index (χ1n) is 7.25. The number of para-hydroxylation sites is 1. The minimum Gasteiger partial charge on any atom is -0.326 e. The fraction of sp³-hybridized carbons (Fsp3) is 0.353. The highest BCUT2D eigenvalue weighted by Gasteiger charge is 2.18. The molecule has 0 atom stereocenters. The summed E-state index contributed by atoms with van der Waals surface area (Å²) >= 11 is 0. The van der Waals surface area contributed by atoms with Gasteiger partial charge in [-0.05, 0) is 55.9 Å². The van der Waals surface area contributed by atoms with Crippen molar-refractivity contribution in [3.63, 3.8) is 0 Å². The molecular formula is C17H20N2O. The Bertz CT molecular complexity index is 701. The van der Waals surface area contributed by atoms with Crippen LogP contribution in [0.15, 0.2) is 35.1 Å². The van der Waals surface area contributed by atoms with Gasteiger partial charge in [-0.2, -0.15) is 0 Å². The Kier molecular flexibility index (Phi) is 3.45. The number of benzene rings is 1. The van der Waals surface area contributed by atoms with Crippen molar-refractivity contribution in [2.75, 3.05) is 0 Å². The minimum absolute atomic E-state index is 0.0439. The minimum atomic E-state index is 0.0439. The molecule has 1 aliphatic rings. The molecule has 0 fully saturated rings. The SMILES string of the molecule is Cc1ccccc1-n1c2c(cc(CN)c1=O)CCCC2. The summed E-state index contributed by atoms with van der Waals surface area (Å²) in [6.07, 6.45) is 4.38. The molecule has 2 N–H and O–H groups in total. The topological polar surface area (TPSA) is 48.0 Å². The van der Waals surface area contributed by atoms with Crippen molar-refractivity contribution in [1.82, 2.24) is 4.57 Å². The van der Waals surface area contributed by atoms with Crippen LogP contribution in [-0.2, 0) is 19.4 Å². The van der Waals surface area contributed by atoms with E-state index in [4.69, 9.17) is 5.73 Å². The van der Waals surface area contributed by atoms with Crippen LogP contribution in [-0.4, -0.2) is 4.57 Å². The highest BCUT2D eigenvalue weighted by molar-refractivity contribution is 5.45. The molecule has 0 bridgehead atoms. The third kappa shape index (κ3) is 2.08. The summed E-state index contributed by atoms with van der Waals surface area (Å²) < 4.78 is 1.89. The number of aromatic nitrogens is 1. The standard InChI is InChI=1S/C17H20N2O/c1-12-6-2-4-8-15(12)19-16-9-5-3-7-13(16)10-14(11-18)17(19)20/h2,4,6,8,10H,3,5,7,9,11,18H2,1H3. The fourth-order valence-corrected chi connectivity index (χ4v) is 3.08. The number of aryl methyl sites for hydroxylation is 2. The van der Waals surface area contributed by atoms with Crippen LogP contribution in [0.4, 0.5) is 0 Å². The molecule has 3 heteroatoms. The monoisotopic (exact) mass is 268 g/mol. The number of pyridine rings is 1. The Balaban J connectivity index is 2.34. The van der Waals surface area contributed by atoms with Gasteiger partial charge < -0.3 is 5.73 Å². The number of hydrogen-bond donors (Lipinski definition) is 1. The molecule has 20 heavy (non-hydrogen) atoms. The first-order chi connectivity index (χ1) is 9.72. The molecule has 3 nitrogen and oxygen atoms in total. The van der Waals surface area contributed by atoms with Gasteiger partial charge in [0.05, 0.1) is 5.69 Å². The van der Waals surface area contributed by atoms with Crippen LogP contribution < -0.4 is 11.3 Å². The summed E-state index contributed by atoms with van der Waals surface area (Å²) in [5.41, 5.74) is 11.1. The van der Waals surface area contributed by atoms with Gasteiger partial charge in [-0.25, -0.2) is 0 Å². The van der Waals surface area contributed by atoms with Gasteiger partial charge in [0.15, 0.2) is 0 Å². The predicted molar refractivity (Wildman–Crippen MR) is 81.3 cm³/mol. The van der Waals surface area contributed by atoms with E-state index in [2.05, 4.69) is 0 Å². The molecule has 0 unspecified atom stereocenters. The smallest absolute Gasteiger partial charge is 0.259 e. The largest absolute Gasteiger partial charge is 0.326 e. The zero-order chi connectivity index (χ0) is 14.1. The van der Waals surface area contributed by atoms with E-state index >= 15 is 0 Å². The van der Waals surface area contributed by atoms with E-state index in [1.165, 1.54) is 17.7 Å². The molecule has 1 heterocycles. The molecule has 1 aliphatic carbocycles. The third-order valence-corrected chi connectivity index (χ3v) is 4.15. The van der Waals surface area contributed by atoms with Gasteiger partial charge in [0.2, 0.25) is 0 Å². The number of rotatable bonds is 2. The summed E-state index contributed by atoms with van der Waals surface area (Å²) in [5.74, 6) is 0. The van der Waals surface area contributed by atoms with Gasteiger partial charge in [-0.15, -0.1) is 0 Å².